The molecule has 0 saturated carbocycles. The van der Waals surface area contributed by atoms with Crippen LogP contribution < -0.4 is 5.32 Å². The van der Waals surface area contributed by atoms with Gasteiger partial charge in [0, 0.05) is 23.8 Å². The van der Waals surface area contributed by atoms with Crippen molar-refractivity contribution in [1.82, 2.24) is 9.97 Å². The van der Waals surface area contributed by atoms with Crippen molar-refractivity contribution < 1.29 is 4.79 Å². The van der Waals surface area contributed by atoms with Gasteiger partial charge in [0.15, 0.2) is 5.13 Å². The summed E-state index contributed by atoms with van der Waals surface area (Å²) >= 11 is 4.98. The van der Waals surface area contributed by atoms with Gasteiger partial charge in [-0.25, -0.2) is 9.97 Å². The molecule has 0 radical (unpaired) electrons. The second kappa shape index (κ2) is 6.55. The average molecular weight is 335 g/mol. The number of rotatable bonds is 5. The first kappa shape index (κ1) is 14.5. The first-order valence-electron chi connectivity index (χ1n) is 6.35. The Balaban J connectivity index is 1.55. The maximum absolute atomic E-state index is 11.0. The van der Waals surface area contributed by atoms with Crippen LogP contribution in [0.3, 0.4) is 0 Å². The number of carbonyl (C=O) groups excluding carboxylic acids is 1. The Kier molecular flexibility index (Phi) is 4.52. The lowest BCUT2D eigenvalue weighted by Gasteiger charge is -1.96. The van der Waals surface area contributed by atoms with Crippen LogP contribution in [0.1, 0.15) is 17.6 Å². The van der Waals surface area contributed by atoms with Gasteiger partial charge in [0.25, 0.3) is 0 Å². The van der Waals surface area contributed by atoms with Gasteiger partial charge >= 0.3 is 0 Å². The highest BCUT2D eigenvalue weighted by Crippen LogP contribution is 2.27. The number of nitrogens with one attached hydrogen (secondary N) is 1. The standard InChI is InChI=1S/C14H13N3OS3/c1-9(18)15-14-16-10(7-20-14)6-19-8-13-17-11-4-2-3-5-12(11)21-13/h2-5,7H,6,8H2,1H3,(H,15,16,18). The Morgan fingerprint density at radius 1 is 1.29 bits per heavy atom. The van der Waals surface area contributed by atoms with E-state index in [1.165, 1.54) is 23.0 Å². The number of aromatic nitrogens is 2. The Hall–Kier alpha value is -1.44. The van der Waals surface area contributed by atoms with Crippen molar-refractivity contribution in [3.05, 3.63) is 40.3 Å². The molecule has 21 heavy (non-hydrogen) atoms. The van der Waals surface area contributed by atoms with Crippen LogP contribution in [0.15, 0.2) is 29.6 Å². The van der Waals surface area contributed by atoms with Crippen molar-refractivity contribution in [3.8, 4) is 0 Å². The summed E-state index contributed by atoms with van der Waals surface area (Å²) in [4.78, 5) is 19.9. The fourth-order valence-corrected chi connectivity index (χ4v) is 4.61. The first-order chi connectivity index (χ1) is 10.2. The molecule has 0 bridgehead atoms. The Bertz CT molecular complexity index is 733. The molecule has 0 aliphatic carbocycles. The minimum atomic E-state index is -0.0852. The average Bonchev–Trinajstić information content (AvgIpc) is 3.04. The number of thiazole rings is 2. The van der Waals surface area contributed by atoms with Crippen LogP contribution >= 0.6 is 34.4 Å². The molecule has 1 aromatic carbocycles. The monoisotopic (exact) mass is 335 g/mol. The molecule has 108 valence electrons. The van der Waals surface area contributed by atoms with Gasteiger partial charge < -0.3 is 5.32 Å². The number of benzene rings is 1. The molecule has 2 aromatic heterocycles. The number of thioether (sulfide) groups is 1. The van der Waals surface area contributed by atoms with Gasteiger partial charge in [-0.3, -0.25) is 4.79 Å². The third-order valence-electron chi connectivity index (χ3n) is 2.65. The minimum Gasteiger partial charge on any atom is -0.302 e. The normalized spacial score (nSPS) is 10.9. The highest BCUT2D eigenvalue weighted by Gasteiger charge is 2.06. The molecule has 0 saturated heterocycles. The molecule has 2 heterocycles. The maximum atomic E-state index is 11.0. The van der Waals surface area contributed by atoms with Gasteiger partial charge in [-0.1, -0.05) is 12.1 Å². The van der Waals surface area contributed by atoms with E-state index in [1.807, 2.05) is 23.6 Å². The predicted molar refractivity (Wildman–Crippen MR) is 91.0 cm³/mol. The van der Waals surface area contributed by atoms with E-state index in [2.05, 4.69) is 21.4 Å². The van der Waals surface area contributed by atoms with E-state index in [0.717, 1.165) is 27.7 Å². The molecule has 7 heteroatoms. The zero-order valence-electron chi connectivity index (χ0n) is 11.3. The summed E-state index contributed by atoms with van der Waals surface area (Å²) in [6, 6.07) is 8.19. The molecule has 0 unspecified atom stereocenters. The van der Waals surface area contributed by atoms with Crippen molar-refractivity contribution in [2.45, 2.75) is 18.4 Å². The zero-order valence-corrected chi connectivity index (χ0v) is 13.8. The molecule has 0 atom stereocenters. The second-order valence-electron chi connectivity index (χ2n) is 4.39. The molecule has 4 nitrogen and oxygen atoms in total. The lowest BCUT2D eigenvalue weighted by Crippen LogP contribution is -2.05. The first-order valence-corrected chi connectivity index (χ1v) is 9.20. The van der Waals surface area contributed by atoms with Crippen LogP contribution in [0.2, 0.25) is 0 Å². The topological polar surface area (TPSA) is 54.9 Å². The molecule has 1 N–H and O–H groups in total. The molecule has 0 aliphatic heterocycles. The molecule has 3 aromatic rings. The minimum absolute atomic E-state index is 0.0852. The van der Waals surface area contributed by atoms with Crippen molar-refractivity contribution in [2.24, 2.45) is 0 Å². The van der Waals surface area contributed by atoms with Crippen LogP contribution in [-0.4, -0.2) is 15.9 Å². The number of hydrogen-bond acceptors (Lipinski definition) is 6. The number of fused-ring (bicyclic) bond motifs is 1. The Morgan fingerprint density at radius 3 is 2.95 bits per heavy atom. The highest BCUT2D eigenvalue weighted by atomic mass is 32.2. The van der Waals surface area contributed by atoms with E-state index < -0.39 is 0 Å². The van der Waals surface area contributed by atoms with Gasteiger partial charge in [-0.15, -0.1) is 34.4 Å². The van der Waals surface area contributed by atoms with E-state index in [1.54, 1.807) is 23.1 Å². The van der Waals surface area contributed by atoms with E-state index in [-0.39, 0.29) is 5.91 Å². The highest BCUT2D eigenvalue weighted by molar-refractivity contribution is 7.97. The lowest BCUT2D eigenvalue weighted by molar-refractivity contribution is -0.114. The van der Waals surface area contributed by atoms with Crippen molar-refractivity contribution in [2.75, 3.05) is 5.32 Å². The predicted octanol–water partition coefficient (Wildman–Crippen LogP) is 4.14. The third kappa shape index (κ3) is 3.81. The summed E-state index contributed by atoms with van der Waals surface area (Å²) in [6.07, 6.45) is 0. The van der Waals surface area contributed by atoms with Crippen molar-refractivity contribution >= 4 is 55.7 Å². The van der Waals surface area contributed by atoms with Crippen LogP contribution in [0.25, 0.3) is 10.2 Å². The van der Waals surface area contributed by atoms with Gasteiger partial charge in [-0.2, -0.15) is 0 Å². The molecular weight excluding hydrogens is 322 g/mol. The maximum Gasteiger partial charge on any atom is 0.223 e. The number of hydrogen-bond donors (Lipinski definition) is 1. The van der Waals surface area contributed by atoms with E-state index >= 15 is 0 Å². The van der Waals surface area contributed by atoms with Crippen LogP contribution in [0, 0.1) is 0 Å². The van der Waals surface area contributed by atoms with Crippen LogP contribution in [0.5, 0.6) is 0 Å². The number of nitrogens with zero attached hydrogens (tertiary/aromatic N) is 2. The molecular formula is C14H13N3OS3. The fraction of sp³-hybridized carbons (Fsp3) is 0.214. The largest absolute Gasteiger partial charge is 0.302 e. The van der Waals surface area contributed by atoms with Crippen LogP contribution in [-0.2, 0) is 16.3 Å². The van der Waals surface area contributed by atoms with Gasteiger partial charge in [0.1, 0.15) is 5.01 Å². The number of amides is 1. The van der Waals surface area contributed by atoms with Crippen molar-refractivity contribution in [3.63, 3.8) is 0 Å². The quantitative estimate of drug-likeness (QED) is 0.761. The summed E-state index contributed by atoms with van der Waals surface area (Å²) in [5.74, 6) is 1.62. The Labute approximate surface area is 134 Å². The second-order valence-corrected chi connectivity index (χ2v) is 7.35. The molecule has 0 spiro atoms. The molecule has 1 amide bonds. The summed E-state index contributed by atoms with van der Waals surface area (Å²) in [5, 5.41) is 6.49. The number of para-hydroxylation sites is 1. The van der Waals surface area contributed by atoms with Gasteiger partial charge in [0.2, 0.25) is 5.91 Å². The third-order valence-corrected chi connectivity index (χ3v) is 5.65. The zero-order chi connectivity index (χ0) is 14.7. The summed E-state index contributed by atoms with van der Waals surface area (Å²) in [5.41, 5.74) is 2.06. The lowest BCUT2D eigenvalue weighted by atomic mass is 10.3. The van der Waals surface area contributed by atoms with Crippen molar-refractivity contribution in [1.29, 1.82) is 0 Å². The van der Waals surface area contributed by atoms with Gasteiger partial charge in [0.05, 0.1) is 15.9 Å². The number of carbonyl (C=O) groups is 1. The van der Waals surface area contributed by atoms with Gasteiger partial charge in [-0.05, 0) is 12.1 Å². The number of anilines is 1. The molecule has 0 fully saturated rings. The SMILES string of the molecule is CC(=O)Nc1nc(CSCc2nc3ccccc3s2)cs1. The summed E-state index contributed by atoms with van der Waals surface area (Å²) < 4.78 is 1.23. The fourth-order valence-electron chi connectivity index (χ4n) is 1.81. The Morgan fingerprint density at radius 2 is 2.14 bits per heavy atom. The van der Waals surface area contributed by atoms with E-state index in [0.29, 0.717) is 5.13 Å². The molecule has 0 aliphatic rings. The van der Waals surface area contributed by atoms with E-state index in [9.17, 15) is 4.79 Å². The van der Waals surface area contributed by atoms with Crippen LogP contribution in [0.4, 0.5) is 5.13 Å². The summed E-state index contributed by atoms with van der Waals surface area (Å²) in [7, 11) is 0. The summed E-state index contributed by atoms with van der Waals surface area (Å²) in [6.45, 7) is 1.49. The molecule has 3 rings (SSSR count). The van der Waals surface area contributed by atoms with E-state index in [4.69, 9.17) is 0 Å². The smallest absolute Gasteiger partial charge is 0.223 e.